The van der Waals surface area contributed by atoms with Crippen molar-refractivity contribution in [1.82, 2.24) is 14.7 Å². The Kier molecular flexibility index (Phi) is 5.72. The van der Waals surface area contributed by atoms with E-state index in [1.165, 1.54) is 17.1 Å². The second kappa shape index (κ2) is 8.18. The van der Waals surface area contributed by atoms with E-state index >= 15 is 0 Å². The molecule has 1 fully saturated rings. The Morgan fingerprint density at radius 3 is 2.96 bits per heavy atom. The average molecular weight is 360 g/mol. The molecular formula is C18H24N4O4. The van der Waals surface area contributed by atoms with Crippen LogP contribution in [0.1, 0.15) is 35.4 Å². The first-order valence-electron chi connectivity index (χ1n) is 8.76. The number of nitrogens with one attached hydrogen (secondary N) is 1. The third-order valence-electron chi connectivity index (χ3n) is 4.47. The molecule has 8 heteroatoms. The number of hydrogen-bond acceptors (Lipinski definition) is 5. The van der Waals surface area contributed by atoms with E-state index in [9.17, 15) is 9.59 Å². The highest BCUT2D eigenvalue weighted by Gasteiger charge is 2.19. The minimum atomic E-state index is -0.270. The molecular weight excluding hydrogens is 336 g/mol. The second-order valence-corrected chi connectivity index (χ2v) is 6.53. The number of aromatic nitrogens is 2. The molecule has 1 N–H and O–H groups in total. The van der Waals surface area contributed by atoms with Crippen LogP contribution < -0.4 is 5.32 Å². The van der Waals surface area contributed by atoms with Crippen molar-refractivity contribution in [3.8, 4) is 0 Å². The van der Waals surface area contributed by atoms with Crippen molar-refractivity contribution >= 4 is 17.5 Å². The van der Waals surface area contributed by atoms with Crippen LogP contribution in [-0.4, -0.2) is 52.8 Å². The van der Waals surface area contributed by atoms with E-state index in [0.717, 1.165) is 25.9 Å². The number of nitrogens with zero attached hydrogens (tertiary/aromatic N) is 3. The lowest BCUT2D eigenvalue weighted by atomic mass is 10.1. The van der Waals surface area contributed by atoms with Crippen LogP contribution in [0, 0.1) is 6.92 Å². The van der Waals surface area contributed by atoms with Gasteiger partial charge in [0.05, 0.1) is 29.8 Å². The standard InChI is InChI=1S/C18H24N4O4/c1-13-16(6-8-25-13)18(24)20-14-9-19-22(10-14)12-17(23)21(2)11-15-5-3-4-7-26-15/h6,8-10,15H,3-5,7,11-12H2,1-2H3,(H,20,24)/t15-/m1/s1. The normalized spacial score (nSPS) is 17.1. The lowest BCUT2D eigenvalue weighted by Crippen LogP contribution is -2.38. The molecule has 8 nitrogen and oxygen atoms in total. The number of anilines is 1. The van der Waals surface area contributed by atoms with E-state index in [2.05, 4.69) is 10.4 Å². The maximum absolute atomic E-state index is 12.4. The van der Waals surface area contributed by atoms with Gasteiger partial charge in [0.1, 0.15) is 12.3 Å². The number of furan rings is 1. The fourth-order valence-electron chi connectivity index (χ4n) is 2.95. The zero-order valence-corrected chi connectivity index (χ0v) is 15.1. The summed E-state index contributed by atoms with van der Waals surface area (Å²) in [7, 11) is 1.77. The second-order valence-electron chi connectivity index (χ2n) is 6.53. The summed E-state index contributed by atoms with van der Waals surface area (Å²) in [6, 6.07) is 1.61. The van der Waals surface area contributed by atoms with Crippen molar-refractivity contribution in [3.63, 3.8) is 0 Å². The lowest BCUT2D eigenvalue weighted by molar-refractivity contribution is -0.133. The highest BCUT2D eigenvalue weighted by atomic mass is 16.5. The van der Waals surface area contributed by atoms with Crippen molar-refractivity contribution in [1.29, 1.82) is 0 Å². The van der Waals surface area contributed by atoms with Gasteiger partial charge in [0, 0.05) is 26.4 Å². The number of ether oxygens (including phenoxy) is 1. The molecule has 0 radical (unpaired) electrons. The van der Waals surface area contributed by atoms with Gasteiger partial charge in [-0.2, -0.15) is 5.10 Å². The average Bonchev–Trinajstić information content (AvgIpc) is 3.24. The molecule has 140 valence electrons. The molecule has 2 aromatic heterocycles. The summed E-state index contributed by atoms with van der Waals surface area (Å²) in [5.41, 5.74) is 1.00. The first-order valence-corrected chi connectivity index (χ1v) is 8.76. The Hall–Kier alpha value is -2.61. The third-order valence-corrected chi connectivity index (χ3v) is 4.47. The van der Waals surface area contributed by atoms with Gasteiger partial charge < -0.3 is 19.4 Å². The topological polar surface area (TPSA) is 89.6 Å². The zero-order valence-electron chi connectivity index (χ0n) is 15.1. The molecule has 0 bridgehead atoms. The van der Waals surface area contributed by atoms with Crippen LogP contribution in [-0.2, 0) is 16.1 Å². The summed E-state index contributed by atoms with van der Waals surface area (Å²) in [6.07, 6.45) is 7.96. The summed E-state index contributed by atoms with van der Waals surface area (Å²) in [5, 5.41) is 6.89. The third kappa shape index (κ3) is 4.51. The monoisotopic (exact) mass is 360 g/mol. The van der Waals surface area contributed by atoms with Crippen molar-refractivity contribution < 1.29 is 18.7 Å². The largest absolute Gasteiger partial charge is 0.469 e. The first kappa shape index (κ1) is 18.2. The summed E-state index contributed by atoms with van der Waals surface area (Å²) in [6.45, 7) is 3.20. The number of carbonyl (C=O) groups excluding carboxylic acids is 2. The summed E-state index contributed by atoms with van der Waals surface area (Å²) in [5.74, 6) is 0.233. The molecule has 0 aromatic carbocycles. The zero-order chi connectivity index (χ0) is 18.5. The molecule has 1 saturated heterocycles. The minimum Gasteiger partial charge on any atom is -0.469 e. The van der Waals surface area contributed by atoms with Crippen LogP contribution in [0.15, 0.2) is 29.1 Å². The fraction of sp³-hybridized carbons (Fsp3) is 0.500. The predicted molar refractivity (Wildman–Crippen MR) is 94.9 cm³/mol. The van der Waals surface area contributed by atoms with Crippen LogP contribution in [0.25, 0.3) is 0 Å². The minimum absolute atomic E-state index is 0.0502. The SMILES string of the molecule is Cc1occc1C(=O)Nc1cnn(CC(=O)N(C)C[C@H]2CCCCO2)c1. The number of amides is 2. The van der Waals surface area contributed by atoms with E-state index < -0.39 is 0 Å². The van der Waals surface area contributed by atoms with Crippen molar-refractivity contribution in [3.05, 3.63) is 36.0 Å². The number of rotatable bonds is 6. The molecule has 0 saturated carbocycles. The van der Waals surface area contributed by atoms with E-state index in [1.807, 2.05) is 0 Å². The molecule has 2 aromatic rings. The van der Waals surface area contributed by atoms with E-state index in [0.29, 0.717) is 23.6 Å². The Balaban J connectivity index is 1.51. The maximum atomic E-state index is 12.4. The molecule has 26 heavy (non-hydrogen) atoms. The molecule has 3 rings (SSSR count). The van der Waals surface area contributed by atoms with Crippen LogP contribution in [0.5, 0.6) is 0 Å². The highest BCUT2D eigenvalue weighted by molar-refractivity contribution is 6.04. The molecule has 3 heterocycles. The van der Waals surface area contributed by atoms with Crippen LogP contribution >= 0.6 is 0 Å². The van der Waals surface area contributed by atoms with Crippen LogP contribution in [0.4, 0.5) is 5.69 Å². The smallest absolute Gasteiger partial charge is 0.259 e. The summed E-state index contributed by atoms with van der Waals surface area (Å²) >= 11 is 0. The van der Waals surface area contributed by atoms with Gasteiger partial charge in [-0.25, -0.2) is 0 Å². The number of likely N-dealkylation sites (N-methyl/N-ethyl adjacent to an activating group) is 1. The molecule has 2 amide bonds. The molecule has 0 unspecified atom stereocenters. The number of hydrogen-bond donors (Lipinski definition) is 1. The van der Waals surface area contributed by atoms with Crippen molar-refractivity contribution in [2.75, 3.05) is 25.5 Å². The van der Waals surface area contributed by atoms with E-state index in [1.54, 1.807) is 31.1 Å². The van der Waals surface area contributed by atoms with Gasteiger partial charge in [0.15, 0.2) is 0 Å². The lowest BCUT2D eigenvalue weighted by Gasteiger charge is -2.27. The van der Waals surface area contributed by atoms with Gasteiger partial charge in [-0.3, -0.25) is 14.3 Å². The fourth-order valence-corrected chi connectivity index (χ4v) is 2.95. The molecule has 0 spiro atoms. The molecule has 1 atom stereocenters. The van der Waals surface area contributed by atoms with Gasteiger partial charge in [-0.1, -0.05) is 0 Å². The Morgan fingerprint density at radius 2 is 2.27 bits per heavy atom. The van der Waals surface area contributed by atoms with Gasteiger partial charge >= 0.3 is 0 Å². The van der Waals surface area contributed by atoms with Gasteiger partial charge in [-0.15, -0.1) is 0 Å². The molecule has 1 aliphatic heterocycles. The van der Waals surface area contributed by atoms with Gasteiger partial charge in [0.2, 0.25) is 5.91 Å². The highest BCUT2D eigenvalue weighted by Crippen LogP contribution is 2.14. The molecule has 1 aliphatic rings. The van der Waals surface area contributed by atoms with Gasteiger partial charge in [-0.05, 0) is 32.3 Å². The summed E-state index contributed by atoms with van der Waals surface area (Å²) < 4.78 is 12.3. The quantitative estimate of drug-likeness (QED) is 0.852. The Labute approximate surface area is 152 Å². The maximum Gasteiger partial charge on any atom is 0.259 e. The van der Waals surface area contributed by atoms with E-state index in [4.69, 9.17) is 9.15 Å². The Morgan fingerprint density at radius 1 is 1.42 bits per heavy atom. The predicted octanol–water partition coefficient (Wildman–Crippen LogP) is 2.06. The summed E-state index contributed by atoms with van der Waals surface area (Å²) in [4.78, 5) is 26.2. The van der Waals surface area contributed by atoms with Gasteiger partial charge in [0.25, 0.3) is 5.91 Å². The van der Waals surface area contributed by atoms with Crippen molar-refractivity contribution in [2.45, 2.75) is 38.8 Å². The molecule has 0 aliphatic carbocycles. The number of carbonyl (C=O) groups is 2. The van der Waals surface area contributed by atoms with Crippen molar-refractivity contribution in [2.24, 2.45) is 0 Å². The van der Waals surface area contributed by atoms with E-state index in [-0.39, 0.29) is 24.5 Å². The first-order chi connectivity index (χ1) is 12.5. The number of aryl methyl sites for hydroxylation is 1. The van der Waals surface area contributed by atoms with Crippen LogP contribution in [0.2, 0.25) is 0 Å². The van der Waals surface area contributed by atoms with Crippen LogP contribution in [0.3, 0.4) is 0 Å². The Bertz CT molecular complexity index is 761.